The van der Waals surface area contributed by atoms with Crippen molar-refractivity contribution in [2.75, 3.05) is 13.1 Å². The zero-order valence-corrected chi connectivity index (χ0v) is 12.5. The van der Waals surface area contributed by atoms with Crippen LogP contribution in [0.5, 0.6) is 0 Å². The van der Waals surface area contributed by atoms with E-state index in [1.165, 1.54) is 4.57 Å². The average molecular weight is 304 g/mol. The van der Waals surface area contributed by atoms with Crippen molar-refractivity contribution in [2.45, 2.75) is 19.9 Å². The van der Waals surface area contributed by atoms with E-state index in [-0.39, 0.29) is 24.8 Å². The Kier molecular flexibility index (Phi) is 5.11. The molecule has 0 saturated carbocycles. The highest BCUT2D eigenvalue weighted by Crippen LogP contribution is 2.07. The number of amides is 1. The minimum atomic E-state index is -0.508. The Morgan fingerprint density at radius 1 is 1.36 bits per heavy atom. The summed E-state index contributed by atoms with van der Waals surface area (Å²) in [4.78, 5) is 37.8. The molecule has 1 unspecified atom stereocenters. The third-order valence-corrected chi connectivity index (χ3v) is 3.52. The lowest BCUT2D eigenvalue weighted by Crippen LogP contribution is -2.34. The summed E-state index contributed by atoms with van der Waals surface area (Å²) in [7, 11) is 0. The van der Waals surface area contributed by atoms with E-state index in [2.05, 4.69) is 10.3 Å². The molecule has 22 heavy (non-hydrogen) atoms. The normalized spacial score (nSPS) is 12.3. The highest BCUT2D eigenvalue weighted by atomic mass is 16.2. The molecule has 0 radical (unpaired) electrons. The monoisotopic (exact) mass is 304 g/mol. The second-order valence-electron chi connectivity index (χ2n) is 5.32. The van der Waals surface area contributed by atoms with Gasteiger partial charge < -0.3 is 11.1 Å². The summed E-state index contributed by atoms with van der Waals surface area (Å²) in [5, 5.41) is 3.21. The number of carbonyl (C=O) groups excluding carboxylic acids is 1. The van der Waals surface area contributed by atoms with Crippen LogP contribution in [0.25, 0.3) is 10.9 Å². The Morgan fingerprint density at radius 3 is 2.82 bits per heavy atom. The zero-order valence-electron chi connectivity index (χ0n) is 12.5. The van der Waals surface area contributed by atoms with Crippen molar-refractivity contribution < 1.29 is 4.79 Å². The van der Waals surface area contributed by atoms with E-state index in [0.717, 1.165) is 0 Å². The Labute approximate surface area is 127 Å². The Bertz CT molecular complexity index is 778. The smallest absolute Gasteiger partial charge is 0.328 e. The van der Waals surface area contributed by atoms with Crippen molar-refractivity contribution in [3.63, 3.8) is 0 Å². The van der Waals surface area contributed by atoms with Crippen LogP contribution in [0.3, 0.4) is 0 Å². The van der Waals surface area contributed by atoms with E-state index in [9.17, 15) is 14.4 Å². The van der Waals surface area contributed by atoms with E-state index < -0.39 is 11.2 Å². The number of benzene rings is 1. The first-order valence-corrected chi connectivity index (χ1v) is 7.21. The predicted molar refractivity (Wildman–Crippen MR) is 84.7 cm³/mol. The molecule has 1 aromatic heterocycles. The molecular formula is C15H20N4O3. The number of para-hydroxylation sites is 1. The van der Waals surface area contributed by atoms with Crippen molar-refractivity contribution in [1.82, 2.24) is 14.9 Å². The van der Waals surface area contributed by atoms with E-state index in [1.807, 2.05) is 6.92 Å². The fraction of sp³-hybridized carbons (Fsp3) is 0.400. The van der Waals surface area contributed by atoms with Gasteiger partial charge in [-0.3, -0.25) is 19.1 Å². The van der Waals surface area contributed by atoms with Crippen molar-refractivity contribution in [2.24, 2.45) is 11.7 Å². The molecule has 0 fully saturated rings. The van der Waals surface area contributed by atoms with Crippen molar-refractivity contribution >= 4 is 16.8 Å². The average Bonchev–Trinajstić information content (AvgIpc) is 2.52. The molecule has 1 amide bonds. The summed E-state index contributed by atoms with van der Waals surface area (Å²) in [6.07, 6.45) is 0.160. The first-order chi connectivity index (χ1) is 10.5. The van der Waals surface area contributed by atoms with Crippen molar-refractivity contribution in [3.8, 4) is 0 Å². The molecule has 7 heteroatoms. The molecule has 2 aromatic rings. The fourth-order valence-corrected chi connectivity index (χ4v) is 2.14. The third-order valence-electron chi connectivity index (χ3n) is 3.52. The number of hydrogen-bond donors (Lipinski definition) is 3. The lowest BCUT2D eigenvalue weighted by molar-refractivity contribution is -0.121. The van der Waals surface area contributed by atoms with Crippen LogP contribution in [0, 0.1) is 5.92 Å². The number of aryl methyl sites for hydroxylation is 1. The van der Waals surface area contributed by atoms with Gasteiger partial charge in [0.15, 0.2) is 0 Å². The number of carbonyl (C=O) groups is 1. The first kappa shape index (κ1) is 16.0. The number of nitrogens with zero attached hydrogens (tertiary/aromatic N) is 1. The highest BCUT2D eigenvalue weighted by molar-refractivity contribution is 5.78. The van der Waals surface area contributed by atoms with Gasteiger partial charge in [-0.1, -0.05) is 19.1 Å². The van der Waals surface area contributed by atoms with Gasteiger partial charge in [-0.15, -0.1) is 0 Å². The molecule has 0 saturated heterocycles. The summed E-state index contributed by atoms with van der Waals surface area (Å²) >= 11 is 0. The lowest BCUT2D eigenvalue weighted by Gasteiger charge is -2.11. The number of aromatic amines is 1. The van der Waals surface area contributed by atoms with E-state index >= 15 is 0 Å². The van der Waals surface area contributed by atoms with Crippen LogP contribution in [0.4, 0.5) is 0 Å². The van der Waals surface area contributed by atoms with E-state index in [0.29, 0.717) is 24.0 Å². The van der Waals surface area contributed by atoms with Gasteiger partial charge >= 0.3 is 5.69 Å². The second kappa shape index (κ2) is 7.04. The maximum absolute atomic E-state index is 11.9. The molecule has 4 N–H and O–H groups in total. The molecule has 1 aromatic carbocycles. The van der Waals surface area contributed by atoms with Gasteiger partial charge in [-0.25, -0.2) is 4.79 Å². The molecule has 1 atom stereocenters. The minimum absolute atomic E-state index is 0.150. The number of fused-ring (bicyclic) bond motifs is 1. The third kappa shape index (κ3) is 3.62. The first-order valence-electron chi connectivity index (χ1n) is 7.21. The second-order valence-corrected chi connectivity index (χ2v) is 5.32. The fourth-order valence-electron chi connectivity index (χ4n) is 2.14. The van der Waals surface area contributed by atoms with E-state index in [4.69, 9.17) is 5.73 Å². The lowest BCUT2D eigenvalue weighted by atomic mass is 10.2. The van der Waals surface area contributed by atoms with Gasteiger partial charge in [0.2, 0.25) is 5.91 Å². The predicted octanol–water partition coefficient (Wildman–Crippen LogP) is -0.209. The van der Waals surface area contributed by atoms with Crippen molar-refractivity contribution in [1.29, 1.82) is 0 Å². The standard InChI is InChI=1S/C15H20N4O3/c1-10(8-16)9-17-13(20)6-7-19-12-5-3-2-4-11(12)14(21)18-15(19)22/h2-5,10H,6-9,16H2,1H3,(H,17,20)(H,18,21,22). The van der Waals surface area contributed by atoms with Gasteiger partial charge in [0, 0.05) is 19.5 Å². The largest absolute Gasteiger partial charge is 0.356 e. The Balaban J connectivity index is 2.14. The number of H-pyrrole nitrogens is 1. The number of nitrogens with two attached hydrogens (primary N) is 1. The van der Waals surface area contributed by atoms with Crippen LogP contribution >= 0.6 is 0 Å². The minimum Gasteiger partial charge on any atom is -0.356 e. The topological polar surface area (TPSA) is 110 Å². The molecule has 0 aliphatic carbocycles. The van der Waals surface area contributed by atoms with Gasteiger partial charge in [0.25, 0.3) is 5.56 Å². The molecule has 0 aliphatic heterocycles. The summed E-state index contributed by atoms with van der Waals surface area (Å²) in [6, 6.07) is 6.82. The molecule has 118 valence electrons. The summed E-state index contributed by atoms with van der Waals surface area (Å²) in [5.74, 6) is 0.0584. The maximum atomic E-state index is 11.9. The molecule has 1 heterocycles. The SMILES string of the molecule is CC(CN)CNC(=O)CCn1c(=O)[nH]c(=O)c2ccccc21. The van der Waals surface area contributed by atoms with Crippen LogP contribution in [-0.4, -0.2) is 28.5 Å². The van der Waals surface area contributed by atoms with Crippen LogP contribution in [0.2, 0.25) is 0 Å². The molecule has 2 rings (SSSR count). The maximum Gasteiger partial charge on any atom is 0.328 e. The molecule has 0 aliphatic rings. The van der Waals surface area contributed by atoms with Gasteiger partial charge in [-0.2, -0.15) is 0 Å². The summed E-state index contributed by atoms with van der Waals surface area (Å²) < 4.78 is 1.41. The van der Waals surface area contributed by atoms with Crippen LogP contribution < -0.4 is 22.3 Å². The highest BCUT2D eigenvalue weighted by Gasteiger charge is 2.09. The zero-order chi connectivity index (χ0) is 16.1. The Morgan fingerprint density at radius 2 is 2.09 bits per heavy atom. The van der Waals surface area contributed by atoms with Gasteiger partial charge in [0.1, 0.15) is 0 Å². The van der Waals surface area contributed by atoms with E-state index in [1.54, 1.807) is 24.3 Å². The van der Waals surface area contributed by atoms with Crippen LogP contribution in [0.1, 0.15) is 13.3 Å². The van der Waals surface area contributed by atoms with Crippen molar-refractivity contribution in [3.05, 3.63) is 45.1 Å². The number of rotatable bonds is 6. The Hall–Kier alpha value is -2.41. The molecule has 0 spiro atoms. The summed E-state index contributed by atoms with van der Waals surface area (Å²) in [6.45, 7) is 3.17. The number of nitrogens with one attached hydrogen (secondary N) is 2. The summed E-state index contributed by atoms with van der Waals surface area (Å²) in [5.41, 5.74) is 5.09. The molecule has 0 bridgehead atoms. The van der Waals surface area contributed by atoms with Gasteiger partial charge in [-0.05, 0) is 24.6 Å². The molecule has 7 nitrogen and oxygen atoms in total. The number of aromatic nitrogens is 2. The van der Waals surface area contributed by atoms with Crippen LogP contribution in [-0.2, 0) is 11.3 Å². The number of hydrogen-bond acceptors (Lipinski definition) is 4. The molecular weight excluding hydrogens is 284 g/mol. The van der Waals surface area contributed by atoms with Crippen LogP contribution in [0.15, 0.2) is 33.9 Å². The quantitative estimate of drug-likeness (QED) is 0.686. The van der Waals surface area contributed by atoms with Gasteiger partial charge in [0.05, 0.1) is 10.9 Å².